The SMILES string of the molecule is CCCC[C@]1(CC)CS(=O)(=O)c2c(cc(OC)c(OC)c2OC)C(c2ccccc2)N1O. The summed E-state index contributed by atoms with van der Waals surface area (Å²) < 4.78 is 44.4. The average molecular weight is 464 g/mol. The van der Waals surface area contributed by atoms with Gasteiger partial charge in [0.05, 0.1) is 38.7 Å². The first kappa shape index (κ1) is 24.4. The smallest absolute Gasteiger partial charge is 0.204 e. The summed E-state index contributed by atoms with van der Waals surface area (Å²) in [6.45, 7) is 3.98. The lowest BCUT2D eigenvalue weighted by atomic mass is 9.87. The molecule has 0 saturated carbocycles. The van der Waals surface area contributed by atoms with Crippen molar-refractivity contribution in [1.29, 1.82) is 0 Å². The van der Waals surface area contributed by atoms with Crippen LogP contribution in [0.4, 0.5) is 0 Å². The van der Waals surface area contributed by atoms with Crippen LogP contribution in [0.5, 0.6) is 17.2 Å². The summed E-state index contributed by atoms with van der Waals surface area (Å²) in [6.07, 6.45) is 2.70. The van der Waals surface area contributed by atoms with Crippen molar-refractivity contribution in [3.63, 3.8) is 0 Å². The average Bonchev–Trinajstić information content (AvgIpc) is 2.87. The van der Waals surface area contributed by atoms with Gasteiger partial charge in [-0.15, -0.1) is 0 Å². The second kappa shape index (κ2) is 9.68. The number of hydrogen-bond donors (Lipinski definition) is 1. The Hall–Kier alpha value is -2.29. The summed E-state index contributed by atoms with van der Waals surface area (Å²) in [5.41, 5.74) is 0.219. The highest BCUT2D eigenvalue weighted by Gasteiger charge is 2.49. The molecule has 1 aliphatic rings. The van der Waals surface area contributed by atoms with Crippen LogP contribution in [0.1, 0.15) is 56.7 Å². The van der Waals surface area contributed by atoms with Crippen molar-refractivity contribution in [3.05, 3.63) is 47.5 Å². The monoisotopic (exact) mass is 463 g/mol. The molecule has 3 rings (SSSR count). The van der Waals surface area contributed by atoms with Crippen LogP contribution in [0.15, 0.2) is 41.3 Å². The zero-order chi connectivity index (χ0) is 23.5. The van der Waals surface area contributed by atoms with Crippen LogP contribution in [-0.2, 0) is 9.84 Å². The molecule has 2 aromatic rings. The highest BCUT2D eigenvalue weighted by molar-refractivity contribution is 7.91. The Balaban J connectivity index is 2.44. The van der Waals surface area contributed by atoms with Crippen molar-refractivity contribution in [3.8, 4) is 17.2 Å². The molecule has 0 radical (unpaired) electrons. The Morgan fingerprint density at radius 2 is 1.72 bits per heavy atom. The van der Waals surface area contributed by atoms with Gasteiger partial charge in [0.25, 0.3) is 0 Å². The first-order valence-corrected chi connectivity index (χ1v) is 12.5. The van der Waals surface area contributed by atoms with Crippen molar-refractivity contribution in [2.45, 2.75) is 56.0 Å². The molecule has 1 unspecified atom stereocenters. The normalized spacial score (nSPS) is 22.6. The molecule has 7 nitrogen and oxygen atoms in total. The molecular formula is C24H33NO6S. The number of benzene rings is 2. The van der Waals surface area contributed by atoms with E-state index in [-0.39, 0.29) is 22.1 Å². The summed E-state index contributed by atoms with van der Waals surface area (Å²) in [4.78, 5) is 0.0392. The van der Waals surface area contributed by atoms with Gasteiger partial charge in [-0.2, -0.15) is 5.06 Å². The predicted molar refractivity (Wildman–Crippen MR) is 123 cm³/mol. The van der Waals surface area contributed by atoms with Gasteiger partial charge in [-0.05, 0) is 24.5 Å². The minimum Gasteiger partial charge on any atom is -0.493 e. The molecule has 2 aromatic carbocycles. The van der Waals surface area contributed by atoms with Crippen LogP contribution in [0.25, 0.3) is 0 Å². The molecule has 1 aliphatic heterocycles. The molecule has 176 valence electrons. The van der Waals surface area contributed by atoms with Gasteiger partial charge in [-0.1, -0.05) is 57.0 Å². The maximum atomic E-state index is 13.9. The molecular weight excluding hydrogens is 430 g/mol. The maximum Gasteiger partial charge on any atom is 0.204 e. The fourth-order valence-corrected chi connectivity index (χ4v) is 6.98. The van der Waals surface area contributed by atoms with E-state index < -0.39 is 21.4 Å². The van der Waals surface area contributed by atoms with Gasteiger partial charge in [0, 0.05) is 5.56 Å². The van der Waals surface area contributed by atoms with Gasteiger partial charge in [0.1, 0.15) is 4.90 Å². The third-order valence-electron chi connectivity index (χ3n) is 6.38. The molecule has 1 heterocycles. The summed E-state index contributed by atoms with van der Waals surface area (Å²) in [5.74, 6) is 0.421. The number of unbranched alkanes of at least 4 members (excludes halogenated alkanes) is 1. The van der Waals surface area contributed by atoms with E-state index >= 15 is 0 Å². The molecule has 0 aliphatic carbocycles. The van der Waals surface area contributed by atoms with Gasteiger partial charge in [0.2, 0.25) is 5.75 Å². The van der Waals surface area contributed by atoms with Crippen molar-refractivity contribution in [2.24, 2.45) is 0 Å². The second-order valence-electron chi connectivity index (χ2n) is 8.16. The minimum absolute atomic E-state index is 0.0392. The first-order valence-electron chi connectivity index (χ1n) is 10.9. The molecule has 0 spiro atoms. The molecule has 0 bridgehead atoms. The lowest BCUT2D eigenvalue weighted by Gasteiger charge is -2.42. The van der Waals surface area contributed by atoms with E-state index in [1.807, 2.05) is 37.3 Å². The zero-order valence-corrected chi connectivity index (χ0v) is 20.2. The van der Waals surface area contributed by atoms with Crippen LogP contribution in [-0.4, -0.2) is 51.3 Å². The summed E-state index contributed by atoms with van der Waals surface area (Å²) in [7, 11) is 0.480. The van der Waals surface area contributed by atoms with E-state index in [1.54, 1.807) is 6.07 Å². The molecule has 2 atom stereocenters. The van der Waals surface area contributed by atoms with Crippen molar-refractivity contribution < 1.29 is 27.8 Å². The molecule has 0 fully saturated rings. The first-order chi connectivity index (χ1) is 15.3. The summed E-state index contributed by atoms with van der Waals surface area (Å²) in [6, 6.07) is 10.3. The number of hydroxylamine groups is 2. The van der Waals surface area contributed by atoms with Gasteiger partial charge in [-0.25, -0.2) is 8.42 Å². The molecule has 0 amide bonds. The number of nitrogens with zero attached hydrogens (tertiary/aromatic N) is 1. The van der Waals surface area contributed by atoms with E-state index in [0.29, 0.717) is 24.2 Å². The highest BCUT2D eigenvalue weighted by Crippen LogP contribution is 2.52. The molecule has 8 heteroatoms. The van der Waals surface area contributed by atoms with Crippen molar-refractivity contribution in [2.75, 3.05) is 27.1 Å². The van der Waals surface area contributed by atoms with Gasteiger partial charge in [0.15, 0.2) is 21.3 Å². The van der Waals surface area contributed by atoms with Crippen molar-refractivity contribution in [1.82, 2.24) is 5.06 Å². The number of hydrogen-bond acceptors (Lipinski definition) is 7. The molecule has 32 heavy (non-hydrogen) atoms. The largest absolute Gasteiger partial charge is 0.493 e. The van der Waals surface area contributed by atoms with E-state index in [1.165, 1.54) is 26.4 Å². The Morgan fingerprint density at radius 3 is 2.25 bits per heavy atom. The number of sulfone groups is 1. The minimum atomic E-state index is -3.87. The third kappa shape index (κ3) is 4.07. The predicted octanol–water partition coefficient (Wildman–Crippen LogP) is 4.62. The number of rotatable bonds is 8. The van der Waals surface area contributed by atoms with E-state index in [2.05, 4.69) is 6.92 Å². The van der Waals surface area contributed by atoms with E-state index in [0.717, 1.165) is 18.4 Å². The summed E-state index contributed by atoms with van der Waals surface area (Å²) in [5, 5.41) is 13.0. The quantitative estimate of drug-likeness (QED) is 0.611. The third-order valence-corrected chi connectivity index (χ3v) is 8.34. The number of fused-ring (bicyclic) bond motifs is 1. The fraction of sp³-hybridized carbons (Fsp3) is 0.500. The maximum absolute atomic E-state index is 13.9. The van der Waals surface area contributed by atoms with Crippen LogP contribution in [0, 0.1) is 0 Å². The standard InChI is InChI=1S/C24H33NO6S/c1-6-8-14-24(7-2)16-32(27,28)23-18(15-19(29-3)21(30-4)22(23)31-5)20(25(24)26)17-12-10-9-11-13-17/h9-13,15,20,26H,6-8,14,16H2,1-5H3/t20?,24-/m1/s1. The Kier molecular flexibility index (Phi) is 7.37. The van der Waals surface area contributed by atoms with Gasteiger partial charge in [-0.3, -0.25) is 0 Å². The Bertz CT molecular complexity index is 1040. The molecule has 0 aromatic heterocycles. The van der Waals surface area contributed by atoms with E-state index in [9.17, 15) is 13.6 Å². The Morgan fingerprint density at radius 1 is 1.06 bits per heavy atom. The molecule has 1 N–H and O–H groups in total. The van der Waals surface area contributed by atoms with Crippen LogP contribution in [0.2, 0.25) is 0 Å². The van der Waals surface area contributed by atoms with Gasteiger partial charge >= 0.3 is 0 Å². The second-order valence-corrected chi connectivity index (χ2v) is 10.1. The lowest BCUT2D eigenvalue weighted by Crippen LogP contribution is -2.51. The zero-order valence-electron chi connectivity index (χ0n) is 19.4. The number of methoxy groups -OCH3 is 3. The number of ether oxygens (including phenoxy) is 3. The summed E-state index contributed by atoms with van der Waals surface area (Å²) >= 11 is 0. The fourth-order valence-electron chi connectivity index (χ4n) is 4.66. The molecule has 0 saturated heterocycles. The lowest BCUT2D eigenvalue weighted by molar-refractivity contribution is -0.193. The van der Waals surface area contributed by atoms with Crippen LogP contribution >= 0.6 is 0 Å². The van der Waals surface area contributed by atoms with E-state index in [4.69, 9.17) is 14.2 Å². The topological polar surface area (TPSA) is 85.3 Å². The van der Waals surface area contributed by atoms with Crippen LogP contribution in [0.3, 0.4) is 0 Å². The van der Waals surface area contributed by atoms with Crippen LogP contribution < -0.4 is 14.2 Å². The highest BCUT2D eigenvalue weighted by atomic mass is 32.2. The van der Waals surface area contributed by atoms with Crippen molar-refractivity contribution >= 4 is 9.84 Å². The van der Waals surface area contributed by atoms with Gasteiger partial charge < -0.3 is 19.4 Å². The Labute approximate surface area is 190 Å².